The quantitative estimate of drug-likeness (QED) is 0.699. The maximum Gasteiger partial charge on any atom is 0.321 e. The van der Waals surface area contributed by atoms with Crippen LogP contribution in [0.2, 0.25) is 26.2 Å². The molecule has 1 atom stereocenters. The molecule has 0 saturated heterocycles. The van der Waals surface area contributed by atoms with E-state index in [-0.39, 0.29) is 0 Å². The summed E-state index contributed by atoms with van der Waals surface area (Å²) in [5, 5.41) is 0. The SMILES string of the molecule is CC(CCO[Si](C)(C)O[Si](C)C)c1ccccc1. The van der Waals surface area contributed by atoms with Crippen LogP contribution in [-0.4, -0.2) is 24.2 Å². The van der Waals surface area contributed by atoms with E-state index < -0.39 is 17.6 Å². The second-order valence-electron chi connectivity index (χ2n) is 5.36. The van der Waals surface area contributed by atoms with Gasteiger partial charge in [-0.2, -0.15) is 0 Å². The fourth-order valence-electron chi connectivity index (χ4n) is 1.95. The molecule has 0 aromatic heterocycles. The van der Waals surface area contributed by atoms with Gasteiger partial charge in [-0.3, -0.25) is 0 Å². The van der Waals surface area contributed by atoms with E-state index in [9.17, 15) is 0 Å². The van der Waals surface area contributed by atoms with Crippen LogP contribution in [-0.2, 0) is 8.54 Å². The summed E-state index contributed by atoms with van der Waals surface area (Å²) in [7, 11) is -2.55. The standard InChI is InChI=1S/C14H25O2Si2/c1-13(14-9-7-6-8-10-14)11-12-15-18(4,5)16-17(2)3/h6-10,13H,11-12H2,1-5H3. The molecule has 0 amide bonds. The predicted molar refractivity (Wildman–Crippen MR) is 81.5 cm³/mol. The predicted octanol–water partition coefficient (Wildman–Crippen LogP) is 4.17. The molecule has 101 valence electrons. The first-order chi connectivity index (χ1) is 8.41. The minimum atomic E-state index is -1.89. The molecule has 0 aliphatic carbocycles. The van der Waals surface area contributed by atoms with Crippen molar-refractivity contribution in [2.75, 3.05) is 6.61 Å². The zero-order valence-corrected chi connectivity index (χ0v) is 14.2. The van der Waals surface area contributed by atoms with E-state index in [4.69, 9.17) is 8.54 Å². The van der Waals surface area contributed by atoms with E-state index in [2.05, 4.69) is 63.4 Å². The van der Waals surface area contributed by atoms with E-state index in [1.54, 1.807) is 0 Å². The van der Waals surface area contributed by atoms with Crippen molar-refractivity contribution < 1.29 is 8.54 Å². The molecule has 0 aliphatic heterocycles. The highest BCUT2D eigenvalue weighted by Crippen LogP contribution is 2.19. The van der Waals surface area contributed by atoms with Crippen LogP contribution in [0.1, 0.15) is 24.8 Å². The van der Waals surface area contributed by atoms with Crippen LogP contribution in [0.5, 0.6) is 0 Å². The molecule has 18 heavy (non-hydrogen) atoms. The van der Waals surface area contributed by atoms with Crippen LogP contribution in [0.15, 0.2) is 30.3 Å². The van der Waals surface area contributed by atoms with Crippen molar-refractivity contribution in [1.82, 2.24) is 0 Å². The Labute approximate surface area is 114 Å². The average molecular weight is 282 g/mol. The maximum atomic E-state index is 5.97. The summed E-state index contributed by atoms with van der Waals surface area (Å²) in [6.07, 6.45) is 1.05. The molecule has 2 nitrogen and oxygen atoms in total. The van der Waals surface area contributed by atoms with Crippen LogP contribution in [0.4, 0.5) is 0 Å². The second kappa shape index (κ2) is 7.23. The largest absolute Gasteiger partial charge is 0.436 e. The third-order valence-electron chi connectivity index (χ3n) is 2.82. The molecular formula is C14H25O2Si2. The second-order valence-corrected chi connectivity index (χ2v) is 11.1. The van der Waals surface area contributed by atoms with Gasteiger partial charge in [-0.05, 0) is 44.1 Å². The summed E-state index contributed by atoms with van der Waals surface area (Å²) in [6.45, 7) is 11.6. The molecule has 1 aromatic carbocycles. The minimum absolute atomic E-state index is 0.545. The molecule has 0 aliphatic rings. The van der Waals surface area contributed by atoms with Gasteiger partial charge in [0.15, 0.2) is 9.04 Å². The van der Waals surface area contributed by atoms with Gasteiger partial charge in [0.2, 0.25) is 0 Å². The van der Waals surface area contributed by atoms with Crippen LogP contribution in [0, 0.1) is 0 Å². The molecular weight excluding hydrogens is 256 g/mol. The highest BCUT2D eigenvalue weighted by atomic mass is 28.4. The van der Waals surface area contributed by atoms with E-state index >= 15 is 0 Å². The molecule has 1 rings (SSSR count). The molecule has 1 radical (unpaired) electrons. The van der Waals surface area contributed by atoms with Crippen molar-refractivity contribution in [3.8, 4) is 0 Å². The van der Waals surface area contributed by atoms with Crippen molar-refractivity contribution in [3.05, 3.63) is 35.9 Å². The first-order valence-electron chi connectivity index (χ1n) is 6.59. The Hall–Kier alpha value is -0.426. The average Bonchev–Trinajstić information content (AvgIpc) is 2.28. The van der Waals surface area contributed by atoms with E-state index in [0.29, 0.717) is 5.92 Å². The van der Waals surface area contributed by atoms with Gasteiger partial charge in [0.25, 0.3) is 0 Å². The lowest BCUT2D eigenvalue weighted by Crippen LogP contribution is -2.39. The first-order valence-corrected chi connectivity index (χ1v) is 11.8. The fourth-order valence-corrected chi connectivity index (χ4v) is 6.73. The molecule has 0 bridgehead atoms. The summed E-state index contributed by atoms with van der Waals surface area (Å²) in [4.78, 5) is 0. The van der Waals surface area contributed by atoms with Gasteiger partial charge in [0, 0.05) is 6.61 Å². The molecule has 0 saturated carbocycles. The zero-order chi connectivity index (χ0) is 13.6. The molecule has 1 unspecified atom stereocenters. The van der Waals surface area contributed by atoms with E-state index in [0.717, 1.165) is 13.0 Å². The zero-order valence-electron chi connectivity index (χ0n) is 12.2. The molecule has 0 fully saturated rings. The van der Waals surface area contributed by atoms with Crippen molar-refractivity contribution in [3.63, 3.8) is 0 Å². The van der Waals surface area contributed by atoms with Crippen LogP contribution in [0.25, 0.3) is 0 Å². The summed E-state index contributed by atoms with van der Waals surface area (Å²) in [6, 6.07) is 10.6. The van der Waals surface area contributed by atoms with Gasteiger partial charge >= 0.3 is 8.56 Å². The Morgan fingerprint density at radius 2 is 1.78 bits per heavy atom. The Morgan fingerprint density at radius 1 is 1.17 bits per heavy atom. The molecule has 1 aromatic rings. The van der Waals surface area contributed by atoms with E-state index in [1.807, 2.05) is 0 Å². The highest BCUT2D eigenvalue weighted by Gasteiger charge is 2.26. The molecule has 0 heterocycles. The molecule has 0 spiro atoms. The summed E-state index contributed by atoms with van der Waals surface area (Å²) < 4.78 is 11.9. The Balaban J connectivity index is 2.33. The summed E-state index contributed by atoms with van der Waals surface area (Å²) in [5.74, 6) is 0.545. The van der Waals surface area contributed by atoms with Gasteiger partial charge in [0.1, 0.15) is 0 Å². The minimum Gasteiger partial charge on any atom is -0.436 e. The number of benzene rings is 1. The molecule has 0 N–H and O–H groups in total. The van der Waals surface area contributed by atoms with Crippen molar-refractivity contribution in [2.45, 2.75) is 45.5 Å². The lowest BCUT2D eigenvalue weighted by Gasteiger charge is -2.25. The van der Waals surface area contributed by atoms with Gasteiger partial charge in [-0.25, -0.2) is 0 Å². The smallest absolute Gasteiger partial charge is 0.321 e. The third kappa shape index (κ3) is 5.95. The van der Waals surface area contributed by atoms with Gasteiger partial charge in [-0.1, -0.05) is 37.3 Å². The van der Waals surface area contributed by atoms with Crippen LogP contribution < -0.4 is 0 Å². The number of rotatable bonds is 7. The maximum absolute atomic E-state index is 5.97. The number of hydrogen-bond donors (Lipinski definition) is 0. The van der Waals surface area contributed by atoms with Gasteiger partial charge in [-0.15, -0.1) is 0 Å². The van der Waals surface area contributed by atoms with Gasteiger partial charge < -0.3 is 8.54 Å². The Morgan fingerprint density at radius 3 is 2.33 bits per heavy atom. The lowest BCUT2D eigenvalue weighted by molar-refractivity contribution is 0.239. The van der Waals surface area contributed by atoms with Crippen LogP contribution >= 0.6 is 0 Å². The Bertz CT molecular complexity index is 339. The normalized spacial score (nSPS) is 13.9. The van der Waals surface area contributed by atoms with E-state index in [1.165, 1.54) is 5.56 Å². The van der Waals surface area contributed by atoms with Crippen molar-refractivity contribution in [2.24, 2.45) is 0 Å². The van der Waals surface area contributed by atoms with Crippen LogP contribution in [0.3, 0.4) is 0 Å². The summed E-state index contributed by atoms with van der Waals surface area (Å²) in [5.41, 5.74) is 1.39. The van der Waals surface area contributed by atoms with Crippen molar-refractivity contribution in [1.29, 1.82) is 0 Å². The Kier molecular flexibility index (Phi) is 6.28. The third-order valence-corrected chi connectivity index (χ3v) is 7.32. The monoisotopic (exact) mass is 281 g/mol. The van der Waals surface area contributed by atoms with Crippen molar-refractivity contribution >= 4 is 17.6 Å². The van der Waals surface area contributed by atoms with Gasteiger partial charge in [0.05, 0.1) is 0 Å². The first kappa shape index (κ1) is 15.6. The number of hydrogen-bond acceptors (Lipinski definition) is 2. The fraction of sp³-hybridized carbons (Fsp3) is 0.571. The summed E-state index contributed by atoms with van der Waals surface area (Å²) >= 11 is 0. The topological polar surface area (TPSA) is 18.5 Å². The molecule has 4 heteroatoms. The lowest BCUT2D eigenvalue weighted by atomic mass is 9.99. The highest BCUT2D eigenvalue weighted by molar-refractivity contribution is 6.72.